The average molecular weight is 394 g/mol. The monoisotopic (exact) mass is 393 g/mol. The standard InChI is InChI=1S/C17H23N5O2S2/c1-3-18-16-20-21-17(26-16)25-12(2)15(23)19-13-4-6-14(7-5-13)22-8-10-24-11-9-22/h4-7,12H,3,8-11H2,1-2H3,(H,18,20)(H,19,23)/t12-/m0/s1. The number of amides is 1. The number of carbonyl (C=O) groups is 1. The van der Waals surface area contributed by atoms with E-state index in [2.05, 4.69) is 25.7 Å². The van der Waals surface area contributed by atoms with Gasteiger partial charge in [0.05, 0.1) is 18.5 Å². The van der Waals surface area contributed by atoms with E-state index in [0.717, 1.165) is 53.7 Å². The van der Waals surface area contributed by atoms with E-state index in [9.17, 15) is 4.79 Å². The summed E-state index contributed by atoms with van der Waals surface area (Å²) in [7, 11) is 0. The third kappa shape index (κ3) is 5.09. The summed E-state index contributed by atoms with van der Waals surface area (Å²) >= 11 is 2.88. The molecule has 0 aliphatic carbocycles. The second-order valence-corrected chi connectivity index (χ2v) is 8.36. The highest BCUT2D eigenvalue weighted by atomic mass is 32.2. The second kappa shape index (κ2) is 9.20. The lowest BCUT2D eigenvalue weighted by molar-refractivity contribution is -0.115. The molecule has 140 valence electrons. The number of aromatic nitrogens is 2. The highest BCUT2D eigenvalue weighted by Crippen LogP contribution is 2.29. The van der Waals surface area contributed by atoms with Crippen molar-refractivity contribution >= 4 is 45.5 Å². The molecular weight excluding hydrogens is 370 g/mol. The van der Waals surface area contributed by atoms with Gasteiger partial charge in [-0.05, 0) is 38.1 Å². The molecule has 0 saturated carbocycles. The van der Waals surface area contributed by atoms with Gasteiger partial charge in [-0.15, -0.1) is 10.2 Å². The fraction of sp³-hybridized carbons (Fsp3) is 0.471. The lowest BCUT2D eigenvalue weighted by atomic mass is 10.2. The van der Waals surface area contributed by atoms with Crippen LogP contribution < -0.4 is 15.5 Å². The van der Waals surface area contributed by atoms with Crippen LogP contribution in [0.3, 0.4) is 0 Å². The van der Waals surface area contributed by atoms with Gasteiger partial charge in [-0.1, -0.05) is 23.1 Å². The number of carbonyl (C=O) groups excluding carboxylic acids is 1. The van der Waals surface area contributed by atoms with Gasteiger partial charge in [-0.2, -0.15) is 0 Å². The lowest BCUT2D eigenvalue weighted by Gasteiger charge is -2.28. The molecule has 2 heterocycles. The molecule has 1 amide bonds. The van der Waals surface area contributed by atoms with Crippen LogP contribution in [-0.4, -0.2) is 54.2 Å². The van der Waals surface area contributed by atoms with Crippen LogP contribution in [0.4, 0.5) is 16.5 Å². The Kier molecular flexibility index (Phi) is 6.70. The minimum absolute atomic E-state index is 0.0469. The van der Waals surface area contributed by atoms with E-state index in [1.807, 2.05) is 38.1 Å². The fourth-order valence-electron chi connectivity index (χ4n) is 2.51. The first-order chi connectivity index (χ1) is 12.7. The van der Waals surface area contributed by atoms with Gasteiger partial charge in [0, 0.05) is 31.0 Å². The number of benzene rings is 1. The Hall–Kier alpha value is -1.84. The first-order valence-corrected chi connectivity index (χ1v) is 10.3. The summed E-state index contributed by atoms with van der Waals surface area (Å²) in [5.41, 5.74) is 1.95. The maximum absolute atomic E-state index is 12.4. The zero-order valence-corrected chi connectivity index (χ0v) is 16.5. The molecule has 1 aliphatic rings. The molecule has 2 N–H and O–H groups in total. The van der Waals surface area contributed by atoms with Crippen molar-refractivity contribution in [2.45, 2.75) is 23.4 Å². The molecule has 0 unspecified atom stereocenters. The molecule has 1 aliphatic heterocycles. The van der Waals surface area contributed by atoms with Crippen LogP contribution in [0.1, 0.15) is 13.8 Å². The van der Waals surface area contributed by atoms with E-state index in [1.165, 1.54) is 23.1 Å². The van der Waals surface area contributed by atoms with Crippen molar-refractivity contribution in [2.24, 2.45) is 0 Å². The van der Waals surface area contributed by atoms with Crippen LogP contribution in [-0.2, 0) is 9.53 Å². The Morgan fingerprint density at radius 2 is 2.04 bits per heavy atom. The van der Waals surface area contributed by atoms with E-state index in [1.54, 1.807) is 0 Å². The smallest absolute Gasteiger partial charge is 0.237 e. The minimum Gasteiger partial charge on any atom is -0.378 e. The van der Waals surface area contributed by atoms with E-state index in [4.69, 9.17) is 4.74 Å². The van der Waals surface area contributed by atoms with Crippen molar-refractivity contribution in [3.05, 3.63) is 24.3 Å². The number of ether oxygens (including phenoxy) is 1. The Balaban J connectivity index is 1.52. The zero-order valence-electron chi connectivity index (χ0n) is 14.9. The number of thioether (sulfide) groups is 1. The third-order valence-electron chi connectivity index (χ3n) is 3.89. The van der Waals surface area contributed by atoms with Gasteiger partial charge in [0.25, 0.3) is 0 Å². The van der Waals surface area contributed by atoms with Gasteiger partial charge in [0.15, 0.2) is 4.34 Å². The van der Waals surface area contributed by atoms with Crippen molar-refractivity contribution in [1.29, 1.82) is 0 Å². The Morgan fingerprint density at radius 3 is 2.73 bits per heavy atom. The number of morpholine rings is 1. The number of hydrogen-bond donors (Lipinski definition) is 2. The molecule has 26 heavy (non-hydrogen) atoms. The summed E-state index contributed by atoms with van der Waals surface area (Å²) < 4.78 is 6.16. The molecular formula is C17H23N5O2S2. The van der Waals surface area contributed by atoms with E-state index < -0.39 is 0 Å². The Bertz CT molecular complexity index is 716. The van der Waals surface area contributed by atoms with Crippen LogP contribution in [0.2, 0.25) is 0 Å². The van der Waals surface area contributed by atoms with Crippen molar-refractivity contribution in [2.75, 3.05) is 48.4 Å². The number of nitrogens with zero attached hydrogens (tertiary/aromatic N) is 3. The van der Waals surface area contributed by atoms with Crippen LogP contribution in [0.5, 0.6) is 0 Å². The molecule has 1 fully saturated rings. The molecule has 1 atom stereocenters. The third-order valence-corrected chi connectivity index (χ3v) is 5.96. The highest BCUT2D eigenvalue weighted by Gasteiger charge is 2.18. The lowest BCUT2D eigenvalue weighted by Crippen LogP contribution is -2.36. The molecule has 7 nitrogen and oxygen atoms in total. The van der Waals surface area contributed by atoms with Crippen molar-refractivity contribution in [3.8, 4) is 0 Å². The summed E-state index contributed by atoms with van der Waals surface area (Å²) in [4.78, 5) is 14.7. The Labute approximate surface area is 161 Å². The van der Waals surface area contributed by atoms with Crippen molar-refractivity contribution in [3.63, 3.8) is 0 Å². The van der Waals surface area contributed by atoms with Gasteiger partial charge in [-0.3, -0.25) is 4.79 Å². The van der Waals surface area contributed by atoms with Crippen LogP contribution in [0, 0.1) is 0 Å². The quantitative estimate of drug-likeness (QED) is 0.700. The van der Waals surface area contributed by atoms with Crippen LogP contribution >= 0.6 is 23.1 Å². The van der Waals surface area contributed by atoms with Crippen molar-refractivity contribution in [1.82, 2.24) is 10.2 Å². The first-order valence-electron chi connectivity index (χ1n) is 8.63. The number of hydrogen-bond acceptors (Lipinski definition) is 8. The number of nitrogens with one attached hydrogen (secondary N) is 2. The van der Waals surface area contributed by atoms with Gasteiger partial charge in [0.1, 0.15) is 0 Å². The summed E-state index contributed by atoms with van der Waals surface area (Å²) in [6, 6.07) is 7.95. The van der Waals surface area contributed by atoms with Gasteiger partial charge < -0.3 is 20.3 Å². The summed E-state index contributed by atoms with van der Waals surface area (Å²) in [5.74, 6) is -0.0469. The molecule has 1 aromatic carbocycles. The first kappa shape index (κ1) is 18.9. The van der Waals surface area contributed by atoms with Gasteiger partial charge in [-0.25, -0.2) is 0 Å². The summed E-state index contributed by atoms with van der Waals surface area (Å²) in [6.45, 7) is 8.00. The predicted molar refractivity (Wildman–Crippen MR) is 107 cm³/mol. The van der Waals surface area contributed by atoms with Crippen LogP contribution in [0.25, 0.3) is 0 Å². The molecule has 0 radical (unpaired) electrons. The molecule has 0 bridgehead atoms. The fourth-order valence-corrected chi connectivity index (χ4v) is 4.47. The average Bonchev–Trinajstić information content (AvgIpc) is 3.10. The van der Waals surface area contributed by atoms with E-state index >= 15 is 0 Å². The summed E-state index contributed by atoms with van der Waals surface area (Å²) in [5, 5.41) is 14.8. The Morgan fingerprint density at radius 1 is 1.31 bits per heavy atom. The van der Waals surface area contributed by atoms with E-state index in [0.29, 0.717) is 0 Å². The second-order valence-electron chi connectivity index (χ2n) is 5.80. The molecule has 9 heteroatoms. The van der Waals surface area contributed by atoms with Gasteiger partial charge >= 0.3 is 0 Å². The largest absolute Gasteiger partial charge is 0.378 e. The normalized spacial score (nSPS) is 15.5. The van der Waals surface area contributed by atoms with Crippen LogP contribution in [0.15, 0.2) is 28.6 Å². The predicted octanol–water partition coefficient (Wildman–Crippen LogP) is 2.93. The maximum atomic E-state index is 12.4. The molecule has 3 rings (SSSR count). The molecule has 0 spiro atoms. The summed E-state index contributed by atoms with van der Waals surface area (Å²) in [6.07, 6.45) is 0. The SMILES string of the molecule is CCNc1nnc(S[C@@H](C)C(=O)Nc2ccc(N3CCOCC3)cc2)s1. The van der Waals surface area contributed by atoms with Crippen molar-refractivity contribution < 1.29 is 9.53 Å². The molecule has 2 aromatic rings. The number of anilines is 3. The minimum atomic E-state index is -0.253. The number of rotatable bonds is 7. The zero-order chi connectivity index (χ0) is 18.4. The highest BCUT2D eigenvalue weighted by molar-refractivity contribution is 8.02. The van der Waals surface area contributed by atoms with Gasteiger partial charge in [0.2, 0.25) is 11.0 Å². The van der Waals surface area contributed by atoms with E-state index in [-0.39, 0.29) is 11.2 Å². The molecule has 1 saturated heterocycles. The maximum Gasteiger partial charge on any atom is 0.237 e. The topological polar surface area (TPSA) is 79.4 Å². The molecule has 1 aromatic heterocycles.